The summed E-state index contributed by atoms with van der Waals surface area (Å²) in [6.45, 7) is 4.18. The third-order valence-corrected chi connectivity index (χ3v) is 4.91. The van der Waals surface area contributed by atoms with Gasteiger partial charge < -0.3 is 16.8 Å². The molecule has 2 unspecified atom stereocenters. The molecule has 0 aliphatic carbocycles. The summed E-state index contributed by atoms with van der Waals surface area (Å²) in [5.74, 6) is 0. The molecule has 0 aliphatic heterocycles. The van der Waals surface area contributed by atoms with Gasteiger partial charge in [0.2, 0.25) is 0 Å². The van der Waals surface area contributed by atoms with E-state index < -0.39 is 27.7 Å². The van der Waals surface area contributed by atoms with Crippen LogP contribution in [-0.4, -0.2) is 13.2 Å². The van der Waals surface area contributed by atoms with Gasteiger partial charge in [0.05, 0.1) is 13.2 Å². The van der Waals surface area contributed by atoms with Crippen molar-refractivity contribution in [2.24, 2.45) is 0 Å². The fourth-order valence-corrected chi connectivity index (χ4v) is 3.58. The Labute approximate surface area is 125 Å². The van der Waals surface area contributed by atoms with Crippen LogP contribution in [0.15, 0.2) is 38.5 Å². The van der Waals surface area contributed by atoms with Crippen LogP contribution in [0.1, 0.15) is 13.8 Å². The van der Waals surface area contributed by atoms with Crippen molar-refractivity contribution < 1.29 is 25.8 Å². The lowest BCUT2D eigenvalue weighted by Crippen LogP contribution is -2.03. The summed E-state index contributed by atoms with van der Waals surface area (Å²) in [5.41, 5.74) is -0.769. The smallest absolute Gasteiger partial charge is 0.390 e. The fourth-order valence-electron chi connectivity index (χ4n) is 1.78. The second kappa shape index (κ2) is 6.18. The molecule has 1 aromatic carbocycles. The third-order valence-electron chi connectivity index (χ3n) is 2.65. The molecule has 2 atom stereocenters. The first-order valence-corrected chi connectivity index (χ1v) is 8.66. The number of fused-ring (bicyclic) bond motifs is 2. The van der Waals surface area contributed by atoms with Gasteiger partial charge in [-0.15, -0.1) is 0 Å². The van der Waals surface area contributed by atoms with Crippen LogP contribution in [0.2, 0.25) is 0 Å². The van der Waals surface area contributed by atoms with E-state index >= 15 is 0 Å². The van der Waals surface area contributed by atoms with Gasteiger partial charge in [0.15, 0.2) is 11.2 Å². The van der Waals surface area contributed by atoms with Gasteiger partial charge in [-0.1, -0.05) is 0 Å². The maximum atomic E-state index is 12.0. The summed E-state index contributed by atoms with van der Waals surface area (Å²) >= 11 is 0. The van der Waals surface area contributed by atoms with Crippen molar-refractivity contribution in [3.8, 4) is 0 Å². The molecule has 0 saturated heterocycles. The summed E-state index contributed by atoms with van der Waals surface area (Å²) in [6, 6.07) is 2.78. The quantitative estimate of drug-likeness (QED) is 0.664. The Hall–Kier alpha value is -1.72. The lowest BCUT2D eigenvalue weighted by Gasteiger charge is -2.03. The Morgan fingerprint density at radius 1 is 0.818 bits per heavy atom. The number of rotatable bonds is 4. The minimum absolute atomic E-state index is 0.165. The van der Waals surface area contributed by atoms with Gasteiger partial charge in [-0.3, -0.25) is 9.05 Å². The van der Waals surface area contributed by atoms with Crippen molar-refractivity contribution in [3.05, 3.63) is 33.0 Å². The first kappa shape index (κ1) is 15.2. The molecular formula is C12H12O8P2. The van der Waals surface area contributed by atoms with Crippen LogP contribution in [0, 0.1) is 0 Å². The van der Waals surface area contributed by atoms with Crippen molar-refractivity contribution in [2.75, 3.05) is 13.2 Å². The van der Waals surface area contributed by atoms with E-state index in [1.165, 1.54) is 12.1 Å². The van der Waals surface area contributed by atoms with Crippen molar-refractivity contribution in [1.82, 2.24) is 0 Å². The molecule has 0 spiro atoms. The Balaban J connectivity index is 2.31. The third kappa shape index (κ3) is 2.78. The van der Waals surface area contributed by atoms with E-state index in [4.69, 9.17) is 25.8 Å². The zero-order chi connectivity index (χ0) is 15.7. The molecule has 8 nitrogen and oxygen atoms in total. The first-order chi connectivity index (χ1) is 10.6. The standard InChI is InChI=1S/C12H12O8P2/c1-3-15-21-17-9-5-8-10(6-7(9)11(13)19-21)18-22(16-4-2)20-12(8)14/h5-6H,3-4H2,1-2H3. The van der Waals surface area contributed by atoms with E-state index in [-0.39, 0.29) is 21.9 Å². The Kier molecular flexibility index (Phi) is 4.27. The highest BCUT2D eigenvalue weighted by Gasteiger charge is 2.14. The van der Waals surface area contributed by atoms with Gasteiger partial charge in [-0.2, -0.15) is 0 Å². The molecule has 0 N–H and O–H groups in total. The van der Waals surface area contributed by atoms with E-state index in [9.17, 15) is 9.59 Å². The molecular weight excluding hydrogens is 334 g/mol. The number of benzene rings is 1. The lowest BCUT2D eigenvalue weighted by molar-refractivity contribution is 0.376. The Morgan fingerprint density at radius 3 is 1.59 bits per heavy atom. The highest BCUT2D eigenvalue weighted by molar-refractivity contribution is 7.32. The molecule has 0 aliphatic rings. The van der Waals surface area contributed by atoms with E-state index in [2.05, 4.69) is 0 Å². The lowest BCUT2D eigenvalue weighted by atomic mass is 10.2. The van der Waals surface area contributed by atoms with Gasteiger partial charge in [-0.05, 0) is 13.8 Å². The van der Waals surface area contributed by atoms with Gasteiger partial charge >= 0.3 is 27.7 Å². The normalized spacial score (nSPS) is 13.0. The molecule has 0 fully saturated rings. The topological polar surface area (TPSA) is 105 Å². The van der Waals surface area contributed by atoms with Crippen LogP contribution < -0.4 is 20.3 Å². The predicted molar refractivity (Wildman–Crippen MR) is 80.3 cm³/mol. The summed E-state index contributed by atoms with van der Waals surface area (Å²) < 4.78 is 31.3. The van der Waals surface area contributed by atoms with Gasteiger partial charge in [0, 0.05) is 12.1 Å². The summed E-state index contributed by atoms with van der Waals surface area (Å²) in [6.07, 6.45) is 0. The number of hydrogen-bond donors (Lipinski definition) is 0. The second-order valence-electron chi connectivity index (χ2n) is 4.07. The summed E-state index contributed by atoms with van der Waals surface area (Å²) in [4.78, 5) is 24.0. The minimum atomic E-state index is -1.80. The minimum Gasteiger partial charge on any atom is -0.399 e. The van der Waals surface area contributed by atoms with Crippen molar-refractivity contribution in [3.63, 3.8) is 0 Å². The first-order valence-electron chi connectivity index (χ1n) is 6.47. The highest BCUT2D eigenvalue weighted by Crippen LogP contribution is 2.31. The molecule has 118 valence electrons. The van der Waals surface area contributed by atoms with Gasteiger partial charge in [-0.25, -0.2) is 9.59 Å². The Morgan fingerprint density at radius 2 is 1.23 bits per heavy atom. The molecule has 2 aromatic heterocycles. The monoisotopic (exact) mass is 346 g/mol. The zero-order valence-electron chi connectivity index (χ0n) is 11.7. The predicted octanol–water partition coefficient (Wildman–Crippen LogP) is 3.08. The molecule has 0 saturated carbocycles. The Bertz CT molecular complexity index is 881. The van der Waals surface area contributed by atoms with Crippen LogP contribution in [0.5, 0.6) is 0 Å². The molecule has 3 rings (SSSR count). The average Bonchev–Trinajstić information content (AvgIpc) is 2.47. The summed E-state index contributed by atoms with van der Waals surface area (Å²) in [5, 5.41) is 0.330. The van der Waals surface area contributed by atoms with Crippen LogP contribution in [0.4, 0.5) is 0 Å². The van der Waals surface area contributed by atoms with Crippen LogP contribution in [0.25, 0.3) is 21.9 Å². The van der Waals surface area contributed by atoms with Crippen molar-refractivity contribution in [2.45, 2.75) is 13.8 Å². The van der Waals surface area contributed by atoms with E-state index in [0.29, 0.717) is 13.2 Å². The highest BCUT2D eigenvalue weighted by atomic mass is 31.1. The number of hydrogen-bond acceptors (Lipinski definition) is 8. The van der Waals surface area contributed by atoms with E-state index in [1.54, 1.807) is 13.8 Å². The molecule has 2 heterocycles. The summed E-state index contributed by atoms with van der Waals surface area (Å²) in [7, 11) is -3.61. The van der Waals surface area contributed by atoms with Gasteiger partial charge in [0.1, 0.15) is 10.8 Å². The fraction of sp³-hybridized carbons (Fsp3) is 0.333. The molecule has 0 amide bonds. The van der Waals surface area contributed by atoms with Crippen LogP contribution >= 0.6 is 16.5 Å². The average molecular weight is 346 g/mol. The molecule has 0 bridgehead atoms. The maximum absolute atomic E-state index is 12.0. The molecule has 0 radical (unpaired) electrons. The molecule has 3 aromatic rings. The SMILES string of the molecule is CCOp1oc(=O)c2cc3op(OCC)oc(=O)c3cc2o1. The second-order valence-corrected chi connectivity index (χ2v) is 6.21. The van der Waals surface area contributed by atoms with Crippen LogP contribution in [0.3, 0.4) is 0 Å². The maximum Gasteiger partial charge on any atom is 0.390 e. The van der Waals surface area contributed by atoms with Crippen molar-refractivity contribution in [1.29, 1.82) is 0 Å². The van der Waals surface area contributed by atoms with Crippen LogP contribution in [-0.2, 0) is 0 Å². The van der Waals surface area contributed by atoms with E-state index in [0.717, 1.165) is 0 Å². The molecule has 22 heavy (non-hydrogen) atoms. The van der Waals surface area contributed by atoms with E-state index in [1.807, 2.05) is 0 Å². The molecule has 10 heteroatoms. The van der Waals surface area contributed by atoms with Gasteiger partial charge in [0.25, 0.3) is 0 Å². The van der Waals surface area contributed by atoms with Crippen molar-refractivity contribution >= 4 is 38.4 Å². The largest absolute Gasteiger partial charge is 0.399 e. The zero-order valence-corrected chi connectivity index (χ0v) is 13.5.